The van der Waals surface area contributed by atoms with Gasteiger partial charge >= 0.3 is 16.3 Å². The smallest absolute Gasteiger partial charge is 0.422 e. The fraction of sp³-hybridized carbons (Fsp3) is 0.900. The molecule has 18 heavy (non-hydrogen) atoms. The third-order valence-electron chi connectivity index (χ3n) is 2.07. The zero-order valence-corrected chi connectivity index (χ0v) is 12.6. The molecule has 1 amide bonds. The van der Waals surface area contributed by atoms with Crippen molar-refractivity contribution in [2.45, 2.75) is 39.2 Å². The van der Waals surface area contributed by atoms with E-state index in [1.54, 1.807) is 13.8 Å². The lowest BCUT2D eigenvalue weighted by atomic mass is 10.2. The fourth-order valence-corrected chi connectivity index (χ4v) is 2.12. The van der Waals surface area contributed by atoms with Crippen molar-refractivity contribution >= 4 is 27.9 Å². The van der Waals surface area contributed by atoms with Gasteiger partial charge in [0.15, 0.2) is 0 Å². The van der Waals surface area contributed by atoms with E-state index >= 15 is 0 Å². The molecule has 0 saturated carbocycles. The number of amides is 1. The van der Waals surface area contributed by atoms with Crippen LogP contribution < -0.4 is 4.72 Å². The molecule has 0 aromatic heterocycles. The lowest BCUT2D eigenvalue weighted by Crippen LogP contribution is -2.42. The third-order valence-corrected chi connectivity index (χ3v) is 3.77. The largest absolute Gasteiger partial charge is 0.446 e. The van der Waals surface area contributed by atoms with Crippen molar-refractivity contribution < 1.29 is 17.9 Å². The fourth-order valence-electron chi connectivity index (χ4n) is 1.15. The zero-order chi connectivity index (χ0) is 14.2. The van der Waals surface area contributed by atoms with E-state index in [9.17, 15) is 13.2 Å². The van der Waals surface area contributed by atoms with E-state index in [0.29, 0.717) is 18.8 Å². The number of nitrogens with one attached hydrogen (secondary N) is 1. The Bertz CT molecular complexity index is 346. The van der Waals surface area contributed by atoms with Crippen molar-refractivity contribution in [1.29, 1.82) is 0 Å². The van der Waals surface area contributed by atoms with Gasteiger partial charge in [0.1, 0.15) is 0 Å². The number of hydrogen-bond donors (Lipinski definition) is 1. The number of rotatable bonds is 8. The summed E-state index contributed by atoms with van der Waals surface area (Å²) in [7, 11) is -2.41. The molecule has 0 aromatic carbocycles. The molecular weight excluding hydrogens is 280 g/mol. The van der Waals surface area contributed by atoms with Crippen molar-refractivity contribution in [1.82, 2.24) is 9.03 Å². The van der Waals surface area contributed by atoms with E-state index in [4.69, 9.17) is 16.3 Å². The molecule has 0 aliphatic carbocycles. The molecule has 0 fully saturated rings. The molecule has 0 aliphatic rings. The van der Waals surface area contributed by atoms with Gasteiger partial charge in [-0.05, 0) is 26.7 Å². The van der Waals surface area contributed by atoms with Crippen molar-refractivity contribution in [3.05, 3.63) is 0 Å². The first-order chi connectivity index (χ1) is 8.29. The molecular formula is C10H21ClN2O4S. The van der Waals surface area contributed by atoms with Crippen LogP contribution in [0, 0.1) is 0 Å². The van der Waals surface area contributed by atoms with E-state index in [2.05, 4.69) is 0 Å². The molecule has 0 heterocycles. The Kier molecular flexibility index (Phi) is 8.30. The van der Waals surface area contributed by atoms with Crippen LogP contribution in [0.5, 0.6) is 0 Å². The Morgan fingerprint density at radius 1 is 1.33 bits per heavy atom. The molecule has 8 heteroatoms. The van der Waals surface area contributed by atoms with E-state index in [1.807, 2.05) is 4.72 Å². The normalized spacial score (nSPS) is 11.9. The summed E-state index contributed by atoms with van der Waals surface area (Å²) in [6, 6.07) is 0. The highest BCUT2D eigenvalue weighted by Gasteiger charge is 2.21. The van der Waals surface area contributed by atoms with Gasteiger partial charge in [-0.3, -0.25) is 0 Å². The van der Waals surface area contributed by atoms with Crippen LogP contribution in [0.3, 0.4) is 0 Å². The summed E-state index contributed by atoms with van der Waals surface area (Å²) >= 11 is 5.52. The summed E-state index contributed by atoms with van der Waals surface area (Å²) in [6.07, 6.45) is 1.06. The van der Waals surface area contributed by atoms with Crippen LogP contribution >= 0.6 is 11.6 Å². The Labute approximate surface area is 114 Å². The molecule has 1 N–H and O–H groups in total. The standard InChI is InChI=1S/C10H21ClN2O4S/c1-9(2)17-10(14)12-18(15,16)13(3)8-6-4-5-7-11/h9H,4-8H2,1-3H3,(H,12,14). The maximum absolute atomic E-state index is 11.7. The van der Waals surface area contributed by atoms with Crippen molar-refractivity contribution in [2.75, 3.05) is 19.5 Å². The average Bonchev–Trinajstić information content (AvgIpc) is 2.21. The Morgan fingerprint density at radius 2 is 1.94 bits per heavy atom. The lowest BCUT2D eigenvalue weighted by molar-refractivity contribution is 0.121. The molecule has 6 nitrogen and oxygen atoms in total. The molecule has 0 aromatic rings. The number of carbonyl (C=O) groups is 1. The number of halogens is 1. The van der Waals surface area contributed by atoms with Gasteiger partial charge in [-0.15, -0.1) is 11.6 Å². The van der Waals surface area contributed by atoms with Gasteiger partial charge in [0.05, 0.1) is 6.10 Å². The summed E-state index contributed by atoms with van der Waals surface area (Å²) in [5.74, 6) is 0.565. The number of ether oxygens (including phenoxy) is 1. The highest BCUT2D eigenvalue weighted by molar-refractivity contribution is 7.87. The van der Waals surface area contributed by atoms with Gasteiger partial charge in [-0.2, -0.15) is 12.7 Å². The summed E-state index contributed by atoms with van der Waals surface area (Å²) in [5, 5.41) is 0. The second-order valence-corrected chi connectivity index (χ2v) is 6.29. The highest BCUT2D eigenvalue weighted by atomic mass is 35.5. The predicted octanol–water partition coefficient (Wildman–Crippen LogP) is 1.71. The molecule has 0 aliphatic heterocycles. The molecule has 0 bridgehead atoms. The lowest BCUT2D eigenvalue weighted by Gasteiger charge is -2.17. The van der Waals surface area contributed by atoms with Crippen LogP contribution in [-0.2, 0) is 14.9 Å². The first kappa shape index (κ1) is 17.5. The van der Waals surface area contributed by atoms with Gasteiger partial charge in [0.2, 0.25) is 0 Å². The number of alkyl halides is 1. The van der Waals surface area contributed by atoms with Crippen LogP contribution in [0.15, 0.2) is 0 Å². The van der Waals surface area contributed by atoms with Gasteiger partial charge in [-0.1, -0.05) is 6.42 Å². The molecule has 0 rings (SSSR count). The van der Waals surface area contributed by atoms with Crippen LogP contribution in [0.25, 0.3) is 0 Å². The molecule has 0 saturated heterocycles. The quantitative estimate of drug-likeness (QED) is 0.547. The second-order valence-electron chi connectivity index (χ2n) is 4.13. The van der Waals surface area contributed by atoms with E-state index in [-0.39, 0.29) is 6.10 Å². The maximum atomic E-state index is 11.7. The average molecular weight is 301 g/mol. The highest BCUT2D eigenvalue weighted by Crippen LogP contribution is 2.02. The molecule has 0 unspecified atom stereocenters. The SMILES string of the molecule is CC(C)OC(=O)NS(=O)(=O)N(C)CCCCCCl. The zero-order valence-electron chi connectivity index (χ0n) is 11.0. The summed E-state index contributed by atoms with van der Waals surface area (Å²) in [6.45, 7) is 3.62. The molecule has 0 radical (unpaired) electrons. The number of nitrogens with zero attached hydrogens (tertiary/aromatic N) is 1. The maximum Gasteiger partial charge on any atom is 0.422 e. The minimum absolute atomic E-state index is 0.335. The summed E-state index contributed by atoms with van der Waals surface area (Å²) < 4.78 is 31.0. The number of hydrogen-bond acceptors (Lipinski definition) is 4. The summed E-state index contributed by atoms with van der Waals surface area (Å²) in [5.41, 5.74) is 0. The number of unbranched alkanes of at least 4 members (excludes halogenated alkanes) is 2. The Balaban J connectivity index is 4.15. The third kappa shape index (κ3) is 7.73. The van der Waals surface area contributed by atoms with Gasteiger partial charge in [0.25, 0.3) is 0 Å². The first-order valence-electron chi connectivity index (χ1n) is 5.80. The van der Waals surface area contributed by atoms with Crippen LogP contribution in [-0.4, -0.2) is 44.4 Å². The van der Waals surface area contributed by atoms with Crippen LogP contribution in [0.1, 0.15) is 33.1 Å². The number of carbonyl (C=O) groups excluding carboxylic acids is 1. The van der Waals surface area contributed by atoms with E-state index < -0.39 is 16.3 Å². The molecule has 0 atom stereocenters. The monoisotopic (exact) mass is 300 g/mol. The Hall–Kier alpha value is -0.530. The second kappa shape index (κ2) is 8.55. The van der Waals surface area contributed by atoms with Crippen molar-refractivity contribution in [3.8, 4) is 0 Å². The van der Waals surface area contributed by atoms with Crippen molar-refractivity contribution in [2.24, 2.45) is 0 Å². The minimum Gasteiger partial charge on any atom is -0.446 e. The van der Waals surface area contributed by atoms with Crippen LogP contribution in [0.2, 0.25) is 0 Å². The topological polar surface area (TPSA) is 75.7 Å². The Morgan fingerprint density at radius 3 is 2.44 bits per heavy atom. The van der Waals surface area contributed by atoms with Gasteiger partial charge in [-0.25, -0.2) is 9.52 Å². The summed E-state index contributed by atoms with van der Waals surface area (Å²) in [4.78, 5) is 11.2. The van der Waals surface area contributed by atoms with Crippen LogP contribution in [0.4, 0.5) is 4.79 Å². The van der Waals surface area contributed by atoms with Crippen molar-refractivity contribution in [3.63, 3.8) is 0 Å². The predicted molar refractivity (Wildman–Crippen MR) is 70.9 cm³/mol. The first-order valence-corrected chi connectivity index (χ1v) is 7.77. The van der Waals surface area contributed by atoms with Gasteiger partial charge < -0.3 is 4.74 Å². The van der Waals surface area contributed by atoms with Gasteiger partial charge in [0, 0.05) is 19.5 Å². The minimum atomic E-state index is -3.82. The van der Waals surface area contributed by atoms with E-state index in [1.165, 1.54) is 7.05 Å². The van der Waals surface area contributed by atoms with E-state index in [0.717, 1.165) is 17.1 Å². The molecule has 0 spiro atoms. The molecule has 108 valence electrons.